The summed E-state index contributed by atoms with van der Waals surface area (Å²) in [6.07, 6.45) is 4.11. The molecule has 1 rings (SSSR count). The summed E-state index contributed by atoms with van der Waals surface area (Å²) in [6.45, 7) is 6.16. The Labute approximate surface area is 126 Å². The molecule has 0 N–H and O–H groups in total. The van der Waals surface area contributed by atoms with E-state index in [0.717, 1.165) is 25.7 Å². The maximum atomic E-state index is 11.8. The van der Waals surface area contributed by atoms with Crippen LogP contribution >= 0.6 is 0 Å². The summed E-state index contributed by atoms with van der Waals surface area (Å²) < 4.78 is 10.3. The van der Waals surface area contributed by atoms with Crippen LogP contribution in [-0.4, -0.2) is 24.6 Å². The summed E-state index contributed by atoms with van der Waals surface area (Å²) in [5.41, 5.74) is 0.884. The van der Waals surface area contributed by atoms with Gasteiger partial charge in [-0.15, -0.1) is 0 Å². The Balaban J connectivity index is 2.46. The Morgan fingerprint density at radius 1 is 0.952 bits per heavy atom. The monoisotopic (exact) mass is 292 g/mol. The lowest BCUT2D eigenvalue weighted by Gasteiger charge is -2.08. The number of hydrogen-bond acceptors (Lipinski definition) is 4. The van der Waals surface area contributed by atoms with Crippen molar-refractivity contribution in [2.75, 3.05) is 6.61 Å². The summed E-state index contributed by atoms with van der Waals surface area (Å²) in [6, 6.07) is 6.34. The summed E-state index contributed by atoms with van der Waals surface area (Å²) in [7, 11) is 0. The lowest BCUT2D eigenvalue weighted by Crippen LogP contribution is -2.12. The van der Waals surface area contributed by atoms with Crippen molar-refractivity contribution in [1.82, 2.24) is 0 Å². The molecule has 0 aliphatic rings. The largest absolute Gasteiger partial charge is 0.462 e. The highest BCUT2D eigenvalue weighted by atomic mass is 16.5. The lowest BCUT2D eigenvalue weighted by atomic mass is 10.1. The van der Waals surface area contributed by atoms with E-state index in [-0.39, 0.29) is 18.0 Å². The van der Waals surface area contributed by atoms with Gasteiger partial charge in [0.2, 0.25) is 0 Å². The highest BCUT2D eigenvalue weighted by Crippen LogP contribution is 2.09. The second-order valence-corrected chi connectivity index (χ2v) is 5.23. The van der Waals surface area contributed by atoms with Gasteiger partial charge in [-0.25, -0.2) is 9.59 Å². The normalized spacial score (nSPS) is 10.5. The maximum absolute atomic E-state index is 11.8. The van der Waals surface area contributed by atoms with Crippen molar-refractivity contribution in [2.45, 2.75) is 52.6 Å². The molecule has 116 valence electrons. The number of esters is 2. The SMILES string of the molecule is CCCCCCOC(=O)c1ccc(C(=O)OC(C)C)cc1. The predicted molar refractivity (Wildman–Crippen MR) is 81.4 cm³/mol. The first-order chi connectivity index (χ1) is 10.0. The summed E-state index contributed by atoms with van der Waals surface area (Å²) >= 11 is 0. The highest BCUT2D eigenvalue weighted by Gasteiger charge is 2.11. The second-order valence-electron chi connectivity index (χ2n) is 5.23. The molecule has 0 aromatic heterocycles. The molecule has 4 nitrogen and oxygen atoms in total. The molecule has 1 aromatic carbocycles. The van der Waals surface area contributed by atoms with Gasteiger partial charge in [0.25, 0.3) is 0 Å². The van der Waals surface area contributed by atoms with Crippen LogP contribution in [0.3, 0.4) is 0 Å². The number of benzene rings is 1. The van der Waals surface area contributed by atoms with E-state index in [9.17, 15) is 9.59 Å². The smallest absolute Gasteiger partial charge is 0.338 e. The van der Waals surface area contributed by atoms with Crippen molar-refractivity contribution in [3.63, 3.8) is 0 Å². The zero-order valence-corrected chi connectivity index (χ0v) is 13.1. The standard InChI is InChI=1S/C17H24O4/c1-4-5-6-7-12-20-16(18)14-8-10-15(11-9-14)17(19)21-13(2)3/h8-11,13H,4-7,12H2,1-3H3. The number of rotatable bonds is 8. The summed E-state index contributed by atoms with van der Waals surface area (Å²) in [4.78, 5) is 23.5. The third-order valence-electron chi connectivity index (χ3n) is 2.93. The Kier molecular flexibility index (Phi) is 7.51. The van der Waals surface area contributed by atoms with Crippen LogP contribution in [0.1, 0.15) is 67.2 Å². The zero-order chi connectivity index (χ0) is 15.7. The number of carbonyl (C=O) groups excluding carboxylic acids is 2. The first-order valence-electron chi connectivity index (χ1n) is 7.52. The van der Waals surface area contributed by atoms with E-state index < -0.39 is 0 Å². The Hall–Kier alpha value is -1.84. The first kappa shape index (κ1) is 17.2. The Morgan fingerprint density at radius 2 is 1.52 bits per heavy atom. The molecule has 4 heteroatoms. The molecule has 1 aromatic rings. The van der Waals surface area contributed by atoms with Crippen LogP contribution in [0.2, 0.25) is 0 Å². The Bertz CT molecular complexity index is 448. The number of carbonyl (C=O) groups is 2. The fourth-order valence-corrected chi connectivity index (χ4v) is 1.80. The average Bonchev–Trinajstić information content (AvgIpc) is 2.46. The predicted octanol–water partition coefficient (Wildman–Crippen LogP) is 3.99. The van der Waals surface area contributed by atoms with Crippen LogP contribution in [-0.2, 0) is 9.47 Å². The number of unbranched alkanes of at least 4 members (excludes halogenated alkanes) is 3. The third-order valence-corrected chi connectivity index (χ3v) is 2.93. The topological polar surface area (TPSA) is 52.6 Å². The molecule has 0 bridgehead atoms. The van der Waals surface area contributed by atoms with E-state index in [2.05, 4.69) is 6.92 Å². The summed E-state index contributed by atoms with van der Waals surface area (Å²) in [5, 5.41) is 0. The molecular formula is C17H24O4. The van der Waals surface area contributed by atoms with Gasteiger partial charge in [-0.05, 0) is 44.5 Å². The van der Waals surface area contributed by atoms with Gasteiger partial charge in [-0.2, -0.15) is 0 Å². The van der Waals surface area contributed by atoms with Crippen molar-refractivity contribution in [3.05, 3.63) is 35.4 Å². The molecule has 0 saturated heterocycles. The number of ether oxygens (including phenoxy) is 2. The molecule has 0 fully saturated rings. The molecule has 0 aliphatic heterocycles. The van der Waals surface area contributed by atoms with Gasteiger partial charge in [0.05, 0.1) is 23.8 Å². The van der Waals surface area contributed by atoms with E-state index in [1.807, 2.05) is 0 Å². The average molecular weight is 292 g/mol. The van der Waals surface area contributed by atoms with Crippen LogP contribution in [0, 0.1) is 0 Å². The fourth-order valence-electron chi connectivity index (χ4n) is 1.80. The minimum atomic E-state index is -0.385. The van der Waals surface area contributed by atoms with Gasteiger partial charge >= 0.3 is 11.9 Å². The van der Waals surface area contributed by atoms with Crippen molar-refractivity contribution >= 4 is 11.9 Å². The molecule has 0 saturated carbocycles. The molecule has 21 heavy (non-hydrogen) atoms. The van der Waals surface area contributed by atoms with E-state index in [1.54, 1.807) is 38.1 Å². The lowest BCUT2D eigenvalue weighted by molar-refractivity contribution is 0.0376. The van der Waals surface area contributed by atoms with Crippen molar-refractivity contribution in [1.29, 1.82) is 0 Å². The second kappa shape index (κ2) is 9.16. The molecule has 0 unspecified atom stereocenters. The quantitative estimate of drug-likeness (QED) is 0.537. The molecule has 0 heterocycles. The van der Waals surface area contributed by atoms with Crippen molar-refractivity contribution in [3.8, 4) is 0 Å². The summed E-state index contributed by atoms with van der Waals surface area (Å²) in [5.74, 6) is -0.736. The molecule has 0 radical (unpaired) electrons. The number of hydrogen-bond donors (Lipinski definition) is 0. The maximum Gasteiger partial charge on any atom is 0.338 e. The van der Waals surface area contributed by atoms with Crippen molar-refractivity contribution in [2.24, 2.45) is 0 Å². The molecule has 0 atom stereocenters. The fraction of sp³-hybridized carbons (Fsp3) is 0.529. The van der Waals surface area contributed by atoms with Crippen LogP contribution < -0.4 is 0 Å². The van der Waals surface area contributed by atoms with Crippen LogP contribution in [0.25, 0.3) is 0 Å². The molecule has 0 aliphatic carbocycles. The minimum Gasteiger partial charge on any atom is -0.462 e. The van der Waals surface area contributed by atoms with E-state index in [4.69, 9.17) is 9.47 Å². The zero-order valence-electron chi connectivity index (χ0n) is 13.1. The van der Waals surface area contributed by atoms with E-state index in [1.165, 1.54) is 0 Å². The molecule has 0 amide bonds. The van der Waals surface area contributed by atoms with Crippen LogP contribution in [0.5, 0.6) is 0 Å². The van der Waals surface area contributed by atoms with E-state index in [0.29, 0.717) is 17.7 Å². The van der Waals surface area contributed by atoms with Gasteiger partial charge in [-0.3, -0.25) is 0 Å². The Morgan fingerprint density at radius 3 is 2.05 bits per heavy atom. The van der Waals surface area contributed by atoms with Gasteiger partial charge in [0, 0.05) is 0 Å². The van der Waals surface area contributed by atoms with E-state index >= 15 is 0 Å². The first-order valence-corrected chi connectivity index (χ1v) is 7.52. The van der Waals surface area contributed by atoms with Gasteiger partial charge in [0.1, 0.15) is 0 Å². The molecular weight excluding hydrogens is 268 g/mol. The van der Waals surface area contributed by atoms with Crippen LogP contribution in [0.15, 0.2) is 24.3 Å². The molecule has 0 spiro atoms. The highest BCUT2D eigenvalue weighted by molar-refractivity contribution is 5.93. The van der Waals surface area contributed by atoms with Crippen LogP contribution in [0.4, 0.5) is 0 Å². The van der Waals surface area contributed by atoms with Gasteiger partial charge < -0.3 is 9.47 Å². The van der Waals surface area contributed by atoms with Gasteiger partial charge in [-0.1, -0.05) is 26.2 Å². The minimum absolute atomic E-state index is 0.162. The van der Waals surface area contributed by atoms with Crippen molar-refractivity contribution < 1.29 is 19.1 Å². The van der Waals surface area contributed by atoms with Gasteiger partial charge in [0.15, 0.2) is 0 Å². The third kappa shape index (κ3) is 6.43.